The van der Waals surface area contributed by atoms with E-state index in [2.05, 4.69) is 0 Å². The van der Waals surface area contributed by atoms with Gasteiger partial charge in [-0.3, -0.25) is 0 Å². The maximum Gasteiger partial charge on any atom is 0.112 e. The van der Waals surface area contributed by atoms with Crippen molar-refractivity contribution < 1.29 is 5.11 Å². The van der Waals surface area contributed by atoms with Crippen molar-refractivity contribution in [2.45, 2.75) is 19.4 Å². The predicted molar refractivity (Wildman–Crippen MR) is 66.3 cm³/mol. The second-order valence-corrected chi connectivity index (χ2v) is 4.25. The average molecular weight is 212 g/mol. The molecule has 2 aromatic carbocycles. The van der Waals surface area contributed by atoms with Crippen molar-refractivity contribution in [3.8, 4) is 0 Å². The van der Waals surface area contributed by atoms with Gasteiger partial charge in [-0.1, -0.05) is 54.6 Å². The van der Waals surface area contributed by atoms with Crippen LogP contribution in [0, 0.1) is 6.92 Å². The summed E-state index contributed by atoms with van der Waals surface area (Å²) in [5.74, 6) is 0. The molecule has 0 saturated heterocycles. The van der Waals surface area contributed by atoms with E-state index in [1.54, 1.807) is 0 Å². The molecule has 0 heterocycles. The molecule has 2 rings (SSSR count). The Morgan fingerprint density at radius 3 is 2.06 bits per heavy atom. The first-order valence-corrected chi connectivity index (χ1v) is 5.46. The highest BCUT2D eigenvalue weighted by atomic mass is 16.3. The lowest BCUT2D eigenvalue weighted by Crippen LogP contribution is -2.23. The SMILES string of the molecule is Cc1ccccc1[C@@](C)(O)c1ccccc1. The Labute approximate surface area is 96.4 Å². The van der Waals surface area contributed by atoms with Gasteiger partial charge in [0.15, 0.2) is 0 Å². The quantitative estimate of drug-likeness (QED) is 0.810. The fourth-order valence-corrected chi connectivity index (χ4v) is 2.04. The van der Waals surface area contributed by atoms with Crippen LogP contribution < -0.4 is 0 Å². The Morgan fingerprint density at radius 2 is 1.44 bits per heavy atom. The van der Waals surface area contributed by atoms with Gasteiger partial charge in [-0.2, -0.15) is 0 Å². The van der Waals surface area contributed by atoms with Gasteiger partial charge in [-0.25, -0.2) is 0 Å². The summed E-state index contributed by atoms with van der Waals surface area (Å²) in [6, 6.07) is 17.7. The number of rotatable bonds is 2. The zero-order chi connectivity index (χ0) is 11.6. The third kappa shape index (κ3) is 1.86. The molecule has 0 amide bonds. The number of hydrogen-bond donors (Lipinski definition) is 1. The molecule has 0 bridgehead atoms. The van der Waals surface area contributed by atoms with Crippen molar-refractivity contribution in [1.29, 1.82) is 0 Å². The normalized spacial score (nSPS) is 14.4. The maximum absolute atomic E-state index is 10.6. The molecular formula is C15H16O. The van der Waals surface area contributed by atoms with Gasteiger partial charge in [0.1, 0.15) is 5.60 Å². The van der Waals surface area contributed by atoms with Gasteiger partial charge in [0.2, 0.25) is 0 Å². The summed E-state index contributed by atoms with van der Waals surface area (Å²) in [4.78, 5) is 0. The van der Waals surface area contributed by atoms with E-state index in [0.29, 0.717) is 0 Å². The Bertz CT molecular complexity index is 472. The van der Waals surface area contributed by atoms with Gasteiger partial charge in [-0.05, 0) is 30.5 Å². The first-order valence-electron chi connectivity index (χ1n) is 5.46. The summed E-state index contributed by atoms with van der Waals surface area (Å²) in [6.07, 6.45) is 0. The molecule has 0 fully saturated rings. The molecule has 0 saturated carbocycles. The Hall–Kier alpha value is -1.60. The summed E-state index contributed by atoms with van der Waals surface area (Å²) in [7, 11) is 0. The molecule has 1 nitrogen and oxygen atoms in total. The van der Waals surface area contributed by atoms with Gasteiger partial charge in [0, 0.05) is 0 Å². The molecule has 1 atom stereocenters. The molecule has 16 heavy (non-hydrogen) atoms. The van der Waals surface area contributed by atoms with E-state index in [4.69, 9.17) is 0 Å². The van der Waals surface area contributed by atoms with E-state index in [1.165, 1.54) is 0 Å². The Morgan fingerprint density at radius 1 is 0.875 bits per heavy atom. The van der Waals surface area contributed by atoms with Gasteiger partial charge < -0.3 is 5.11 Å². The van der Waals surface area contributed by atoms with Crippen molar-refractivity contribution >= 4 is 0 Å². The minimum atomic E-state index is -0.924. The van der Waals surface area contributed by atoms with Gasteiger partial charge >= 0.3 is 0 Å². The van der Waals surface area contributed by atoms with Crippen LogP contribution in [0.1, 0.15) is 23.6 Å². The Balaban J connectivity index is 2.51. The van der Waals surface area contributed by atoms with Crippen LogP contribution in [0.4, 0.5) is 0 Å². The van der Waals surface area contributed by atoms with E-state index in [1.807, 2.05) is 68.4 Å². The predicted octanol–water partition coefficient (Wildman–Crippen LogP) is 3.25. The molecule has 82 valence electrons. The second-order valence-electron chi connectivity index (χ2n) is 4.25. The average Bonchev–Trinajstić information content (AvgIpc) is 2.30. The molecule has 2 aromatic rings. The highest BCUT2D eigenvalue weighted by Crippen LogP contribution is 2.30. The highest BCUT2D eigenvalue weighted by molar-refractivity contribution is 5.39. The van der Waals surface area contributed by atoms with Crippen LogP contribution in [0.25, 0.3) is 0 Å². The summed E-state index contributed by atoms with van der Waals surface area (Å²) in [6.45, 7) is 3.86. The van der Waals surface area contributed by atoms with Crippen molar-refractivity contribution in [2.75, 3.05) is 0 Å². The summed E-state index contributed by atoms with van der Waals surface area (Å²) in [5.41, 5.74) is 2.06. The molecular weight excluding hydrogens is 196 g/mol. The topological polar surface area (TPSA) is 20.2 Å². The largest absolute Gasteiger partial charge is 0.381 e. The maximum atomic E-state index is 10.6. The molecule has 0 aliphatic heterocycles. The molecule has 1 heteroatoms. The van der Waals surface area contributed by atoms with Crippen molar-refractivity contribution in [3.63, 3.8) is 0 Å². The standard InChI is InChI=1S/C15H16O/c1-12-8-6-7-11-14(12)15(2,16)13-9-4-3-5-10-13/h3-11,16H,1-2H3/t15-/m0/s1. The van der Waals surface area contributed by atoms with E-state index in [0.717, 1.165) is 16.7 Å². The smallest absolute Gasteiger partial charge is 0.112 e. The second kappa shape index (κ2) is 4.11. The summed E-state index contributed by atoms with van der Waals surface area (Å²) in [5, 5.41) is 10.6. The summed E-state index contributed by atoms with van der Waals surface area (Å²) < 4.78 is 0. The van der Waals surface area contributed by atoms with E-state index in [9.17, 15) is 5.11 Å². The lowest BCUT2D eigenvalue weighted by Gasteiger charge is -2.26. The van der Waals surface area contributed by atoms with Crippen LogP contribution in [0.3, 0.4) is 0 Å². The van der Waals surface area contributed by atoms with Crippen LogP contribution >= 0.6 is 0 Å². The van der Waals surface area contributed by atoms with Crippen LogP contribution in [0.5, 0.6) is 0 Å². The van der Waals surface area contributed by atoms with Crippen LogP contribution in [0.15, 0.2) is 54.6 Å². The van der Waals surface area contributed by atoms with E-state index < -0.39 is 5.60 Å². The van der Waals surface area contributed by atoms with Gasteiger partial charge in [-0.15, -0.1) is 0 Å². The number of hydrogen-bond acceptors (Lipinski definition) is 1. The van der Waals surface area contributed by atoms with Crippen LogP contribution in [-0.4, -0.2) is 5.11 Å². The molecule has 1 N–H and O–H groups in total. The third-order valence-corrected chi connectivity index (χ3v) is 3.01. The monoisotopic (exact) mass is 212 g/mol. The fraction of sp³-hybridized carbons (Fsp3) is 0.200. The highest BCUT2D eigenvalue weighted by Gasteiger charge is 2.26. The number of benzene rings is 2. The molecule has 0 spiro atoms. The minimum absolute atomic E-state index is 0.921. The fourth-order valence-electron chi connectivity index (χ4n) is 2.04. The van der Waals surface area contributed by atoms with Gasteiger partial charge in [0.05, 0.1) is 0 Å². The molecule has 0 unspecified atom stereocenters. The van der Waals surface area contributed by atoms with Crippen molar-refractivity contribution in [2.24, 2.45) is 0 Å². The van der Waals surface area contributed by atoms with Crippen molar-refractivity contribution in [3.05, 3.63) is 71.3 Å². The Kier molecular flexibility index (Phi) is 2.80. The third-order valence-electron chi connectivity index (χ3n) is 3.01. The first-order chi connectivity index (χ1) is 7.62. The van der Waals surface area contributed by atoms with Gasteiger partial charge in [0.25, 0.3) is 0 Å². The molecule has 0 radical (unpaired) electrons. The molecule has 0 aliphatic carbocycles. The van der Waals surface area contributed by atoms with E-state index >= 15 is 0 Å². The number of aryl methyl sites for hydroxylation is 1. The lowest BCUT2D eigenvalue weighted by atomic mass is 9.86. The lowest BCUT2D eigenvalue weighted by molar-refractivity contribution is 0.102. The zero-order valence-electron chi connectivity index (χ0n) is 9.64. The minimum Gasteiger partial charge on any atom is -0.381 e. The van der Waals surface area contributed by atoms with Crippen LogP contribution in [-0.2, 0) is 5.60 Å². The van der Waals surface area contributed by atoms with E-state index in [-0.39, 0.29) is 0 Å². The first kappa shape index (κ1) is 10.9. The van der Waals surface area contributed by atoms with Crippen LogP contribution in [0.2, 0.25) is 0 Å². The molecule has 0 aromatic heterocycles. The number of aliphatic hydroxyl groups is 1. The summed E-state index contributed by atoms with van der Waals surface area (Å²) >= 11 is 0. The molecule has 0 aliphatic rings. The zero-order valence-corrected chi connectivity index (χ0v) is 9.64. The van der Waals surface area contributed by atoms with Crippen molar-refractivity contribution in [1.82, 2.24) is 0 Å².